The molecular formula is C15H22N2O2. The van der Waals surface area contributed by atoms with Crippen molar-refractivity contribution in [1.29, 1.82) is 0 Å². The highest BCUT2D eigenvalue weighted by Crippen LogP contribution is 2.35. The van der Waals surface area contributed by atoms with Gasteiger partial charge in [0.1, 0.15) is 5.75 Å². The van der Waals surface area contributed by atoms with Gasteiger partial charge in [0, 0.05) is 12.1 Å². The molecule has 0 saturated heterocycles. The van der Waals surface area contributed by atoms with Crippen molar-refractivity contribution in [3.05, 3.63) is 23.8 Å². The molecule has 2 N–H and O–H groups in total. The molecule has 0 radical (unpaired) electrons. The zero-order valence-electron chi connectivity index (χ0n) is 11.8. The van der Waals surface area contributed by atoms with Crippen LogP contribution in [-0.4, -0.2) is 18.6 Å². The molecule has 1 amide bonds. The molecular weight excluding hydrogens is 240 g/mol. The zero-order chi connectivity index (χ0) is 14.0. The van der Waals surface area contributed by atoms with Crippen LogP contribution < -0.4 is 15.4 Å². The van der Waals surface area contributed by atoms with Crippen molar-refractivity contribution in [2.45, 2.75) is 45.7 Å². The van der Waals surface area contributed by atoms with E-state index in [4.69, 9.17) is 10.5 Å². The minimum absolute atomic E-state index is 0.00344. The molecule has 2 rings (SSSR count). The third-order valence-electron chi connectivity index (χ3n) is 3.41. The fourth-order valence-electron chi connectivity index (χ4n) is 2.46. The summed E-state index contributed by atoms with van der Waals surface area (Å²) in [6, 6.07) is 6.04. The van der Waals surface area contributed by atoms with E-state index in [2.05, 4.69) is 6.92 Å². The zero-order valence-corrected chi connectivity index (χ0v) is 11.8. The Hall–Kier alpha value is -1.55. The SMILES string of the molecule is CCCC(N)c1ccc2c(c1)N(C(C)C)C(=O)CO2. The number of amides is 1. The molecule has 1 aromatic rings. The second kappa shape index (κ2) is 5.61. The van der Waals surface area contributed by atoms with Crippen LogP contribution >= 0.6 is 0 Å². The molecule has 1 aliphatic rings. The van der Waals surface area contributed by atoms with Gasteiger partial charge in [0.05, 0.1) is 5.69 Å². The lowest BCUT2D eigenvalue weighted by Crippen LogP contribution is -2.43. The fourth-order valence-corrected chi connectivity index (χ4v) is 2.46. The van der Waals surface area contributed by atoms with Crippen LogP contribution in [0.4, 0.5) is 5.69 Å². The van der Waals surface area contributed by atoms with E-state index in [1.54, 1.807) is 4.90 Å². The maximum absolute atomic E-state index is 12.0. The Bertz CT molecular complexity index is 471. The molecule has 0 aliphatic carbocycles. The number of benzene rings is 1. The van der Waals surface area contributed by atoms with Crippen LogP contribution in [0.1, 0.15) is 45.2 Å². The van der Waals surface area contributed by atoms with Crippen molar-refractivity contribution in [3.63, 3.8) is 0 Å². The van der Waals surface area contributed by atoms with Gasteiger partial charge in [-0.15, -0.1) is 0 Å². The molecule has 1 aliphatic heterocycles. The quantitative estimate of drug-likeness (QED) is 0.907. The molecule has 0 saturated carbocycles. The summed E-state index contributed by atoms with van der Waals surface area (Å²) in [5, 5.41) is 0. The number of rotatable bonds is 4. The first-order valence-corrected chi connectivity index (χ1v) is 6.89. The van der Waals surface area contributed by atoms with Crippen LogP contribution in [0.25, 0.3) is 0 Å². The number of nitrogens with zero attached hydrogens (tertiary/aromatic N) is 1. The first-order chi connectivity index (χ1) is 9.04. The molecule has 0 aromatic heterocycles. The second-order valence-corrected chi connectivity index (χ2v) is 5.27. The van der Waals surface area contributed by atoms with E-state index in [1.807, 2.05) is 32.0 Å². The van der Waals surface area contributed by atoms with Crippen LogP contribution in [0.5, 0.6) is 5.75 Å². The minimum atomic E-state index is 0.00344. The number of carbonyl (C=O) groups excluding carboxylic acids is 1. The molecule has 104 valence electrons. The number of hydrogen-bond donors (Lipinski definition) is 1. The van der Waals surface area contributed by atoms with Gasteiger partial charge in [0.15, 0.2) is 6.61 Å². The lowest BCUT2D eigenvalue weighted by Gasteiger charge is -2.33. The van der Waals surface area contributed by atoms with Gasteiger partial charge < -0.3 is 15.4 Å². The van der Waals surface area contributed by atoms with Crippen molar-refractivity contribution < 1.29 is 9.53 Å². The van der Waals surface area contributed by atoms with E-state index >= 15 is 0 Å². The molecule has 0 bridgehead atoms. The summed E-state index contributed by atoms with van der Waals surface area (Å²) in [7, 11) is 0. The van der Waals surface area contributed by atoms with Gasteiger partial charge in [-0.25, -0.2) is 0 Å². The van der Waals surface area contributed by atoms with Gasteiger partial charge >= 0.3 is 0 Å². The smallest absolute Gasteiger partial charge is 0.265 e. The highest BCUT2D eigenvalue weighted by atomic mass is 16.5. The molecule has 4 heteroatoms. The number of hydrogen-bond acceptors (Lipinski definition) is 3. The Morgan fingerprint density at radius 1 is 1.42 bits per heavy atom. The van der Waals surface area contributed by atoms with Crippen LogP contribution in [-0.2, 0) is 4.79 Å². The summed E-state index contributed by atoms with van der Waals surface area (Å²) in [6.07, 6.45) is 1.98. The monoisotopic (exact) mass is 262 g/mol. The summed E-state index contributed by atoms with van der Waals surface area (Å²) >= 11 is 0. The fraction of sp³-hybridized carbons (Fsp3) is 0.533. The number of fused-ring (bicyclic) bond motifs is 1. The lowest BCUT2D eigenvalue weighted by molar-refractivity contribution is -0.121. The highest BCUT2D eigenvalue weighted by molar-refractivity contribution is 5.98. The summed E-state index contributed by atoms with van der Waals surface area (Å²) < 4.78 is 5.48. The Kier molecular flexibility index (Phi) is 4.10. The van der Waals surface area contributed by atoms with Crippen LogP contribution in [0.15, 0.2) is 18.2 Å². The number of ether oxygens (including phenoxy) is 1. The molecule has 1 heterocycles. The highest BCUT2D eigenvalue weighted by Gasteiger charge is 2.28. The Balaban J connectivity index is 2.38. The van der Waals surface area contributed by atoms with Gasteiger partial charge in [-0.05, 0) is 38.0 Å². The first kappa shape index (κ1) is 13.9. The van der Waals surface area contributed by atoms with Gasteiger partial charge in [-0.3, -0.25) is 4.79 Å². The molecule has 1 unspecified atom stereocenters. The summed E-state index contributed by atoms with van der Waals surface area (Å²) in [5.41, 5.74) is 8.05. The Morgan fingerprint density at radius 3 is 2.79 bits per heavy atom. The Labute approximate surface area is 114 Å². The second-order valence-electron chi connectivity index (χ2n) is 5.27. The van der Waals surface area contributed by atoms with E-state index in [0.29, 0.717) is 0 Å². The molecule has 4 nitrogen and oxygen atoms in total. The van der Waals surface area contributed by atoms with E-state index < -0.39 is 0 Å². The van der Waals surface area contributed by atoms with Crippen molar-refractivity contribution in [3.8, 4) is 5.75 Å². The van der Waals surface area contributed by atoms with Crippen LogP contribution in [0, 0.1) is 0 Å². The van der Waals surface area contributed by atoms with Gasteiger partial charge in [0.25, 0.3) is 5.91 Å². The third kappa shape index (κ3) is 2.73. The standard InChI is InChI=1S/C15H22N2O2/c1-4-5-12(16)11-6-7-14-13(8-11)17(10(2)3)15(18)9-19-14/h6-8,10,12H,4-5,9,16H2,1-3H3. The van der Waals surface area contributed by atoms with Crippen LogP contribution in [0.2, 0.25) is 0 Å². The average Bonchev–Trinajstić information content (AvgIpc) is 2.37. The Morgan fingerprint density at radius 2 is 2.16 bits per heavy atom. The summed E-state index contributed by atoms with van der Waals surface area (Å²) in [6.45, 7) is 6.24. The third-order valence-corrected chi connectivity index (χ3v) is 3.41. The lowest BCUT2D eigenvalue weighted by atomic mass is 10.0. The van der Waals surface area contributed by atoms with Crippen LogP contribution in [0.3, 0.4) is 0 Å². The number of nitrogens with two attached hydrogens (primary N) is 1. The normalized spacial score (nSPS) is 16.3. The van der Waals surface area contributed by atoms with Crippen molar-refractivity contribution in [2.75, 3.05) is 11.5 Å². The minimum Gasteiger partial charge on any atom is -0.482 e. The van der Waals surface area contributed by atoms with Crippen molar-refractivity contribution >= 4 is 11.6 Å². The maximum Gasteiger partial charge on any atom is 0.265 e. The molecule has 1 aromatic carbocycles. The maximum atomic E-state index is 12.0. The summed E-state index contributed by atoms with van der Waals surface area (Å²) in [4.78, 5) is 13.8. The predicted octanol–water partition coefficient (Wildman–Crippen LogP) is 2.62. The van der Waals surface area contributed by atoms with Crippen molar-refractivity contribution in [1.82, 2.24) is 0 Å². The molecule has 1 atom stereocenters. The van der Waals surface area contributed by atoms with E-state index in [9.17, 15) is 4.79 Å². The largest absolute Gasteiger partial charge is 0.482 e. The molecule has 19 heavy (non-hydrogen) atoms. The molecule has 0 fully saturated rings. The summed E-state index contributed by atoms with van der Waals surface area (Å²) in [5.74, 6) is 0.768. The molecule has 0 spiro atoms. The predicted molar refractivity (Wildman–Crippen MR) is 76.4 cm³/mol. The van der Waals surface area contributed by atoms with Crippen molar-refractivity contribution in [2.24, 2.45) is 5.73 Å². The van der Waals surface area contributed by atoms with Gasteiger partial charge in [-0.1, -0.05) is 19.4 Å². The van der Waals surface area contributed by atoms with E-state index in [-0.39, 0.29) is 24.6 Å². The van der Waals surface area contributed by atoms with E-state index in [0.717, 1.165) is 29.8 Å². The average molecular weight is 262 g/mol. The topological polar surface area (TPSA) is 55.6 Å². The van der Waals surface area contributed by atoms with Gasteiger partial charge in [0.2, 0.25) is 0 Å². The number of carbonyl (C=O) groups is 1. The van der Waals surface area contributed by atoms with E-state index in [1.165, 1.54) is 0 Å². The first-order valence-electron chi connectivity index (χ1n) is 6.89. The van der Waals surface area contributed by atoms with Gasteiger partial charge in [-0.2, -0.15) is 0 Å². The number of anilines is 1.